The van der Waals surface area contributed by atoms with Gasteiger partial charge in [0.15, 0.2) is 0 Å². The van der Waals surface area contributed by atoms with Crippen LogP contribution in [-0.4, -0.2) is 6.54 Å². The summed E-state index contributed by atoms with van der Waals surface area (Å²) >= 11 is 3.62. The van der Waals surface area contributed by atoms with Crippen molar-refractivity contribution >= 4 is 15.9 Å². The van der Waals surface area contributed by atoms with Crippen molar-refractivity contribution in [3.8, 4) is 0 Å². The molecule has 0 aromatic heterocycles. The summed E-state index contributed by atoms with van der Waals surface area (Å²) in [5, 5.41) is 3.69. The summed E-state index contributed by atoms with van der Waals surface area (Å²) in [4.78, 5) is 0. The first-order valence-electron chi connectivity index (χ1n) is 7.58. The normalized spacial score (nSPS) is 12.4. The van der Waals surface area contributed by atoms with Gasteiger partial charge in [0.2, 0.25) is 0 Å². The Bertz CT molecular complexity index is 527. The fraction of sp³-hybridized carbons (Fsp3) is 0.368. The smallest absolute Gasteiger partial charge is 0.0577 e. The highest BCUT2D eigenvalue weighted by Gasteiger charge is 2.15. The average Bonchev–Trinajstić information content (AvgIpc) is 2.37. The Labute approximate surface area is 136 Å². The van der Waals surface area contributed by atoms with Crippen molar-refractivity contribution in [2.45, 2.75) is 40.2 Å². The van der Waals surface area contributed by atoms with E-state index in [-0.39, 0.29) is 6.04 Å². The predicted octanol–water partition coefficient (Wildman–Crippen LogP) is 5.46. The van der Waals surface area contributed by atoms with Gasteiger partial charge in [-0.05, 0) is 62.6 Å². The van der Waals surface area contributed by atoms with E-state index in [1.807, 2.05) is 0 Å². The minimum absolute atomic E-state index is 0.250. The van der Waals surface area contributed by atoms with Gasteiger partial charge in [0.05, 0.1) is 6.04 Å². The summed E-state index contributed by atoms with van der Waals surface area (Å²) in [7, 11) is 0. The zero-order valence-corrected chi connectivity index (χ0v) is 14.9. The molecule has 1 unspecified atom stereocenters. The molecule has 0 saturated heterocycles. The molecule has 1 atom stereocenters. The lowest BCUT2D eigenvalue weighted by Gasteiger charge is -2.21. The molecule has 0 saturated carbocycles. The second-order valence-corrected chi connectivity index (χ2v) is 6.79. The van der Waals surface area contributed by atoms with Crippen molar-refractivity contribution in [3.63, 3.8) is 0 Å². The van der Waals surface area contributed by atoms with Gasteiger partial charge in [0.25, 0.3) is 0 Å². The largest absolute Gasteiger partial charge is 0.306 e. The molecule has 2 rings (SSSR count). The van der Waals surface area contributed by atoms with E-state index in [0.717, 1.165) is 17.4 Å². The highest BCUT2D eigenvalue weighted by Crippen LogP contribution is 2.27. The Morgan fingerprint density at radius 2 is 1.38 bits per heavy atom. The molecule has 2 aromatic rings. The monoisotopic (exact) mass is 345 g/mol. The first kappa shape index (κ1) is 16.3. The van der Waals surface area contributed by atoms with Crippen molar-refractivity contribution in [1.82, 2.24) is 5.32 Å². The van der Waals surface area contributed by atoms with Crippen LogP contribution in [0.4, 0.5) is 0 Å². The first-order chi connectivity index (χ1) is 9.99. The van der Waals surface area contributed by atoms with Crippen molar-refractivity contribution in [2.75, 3.05) is 6.54 Å². The molecule has 2 heteroatoms. The number of benzene rings is 2. The van der Waals surface area contributed by atoms with Gasteiger partial charge in [-0.1, -0.05) is 58.2 Å². The molecule has 0 aliphatic rings. The van der Waals surface area contributed by atoms with Crippen LogP contribution in [0.2, 0.25) is 0 Å². The van der Waals surface area contributed by atoms with Crippen LogP contribution in [0, 0.1) is 20.8 Å². The average molecular weight is 346 g/mol. The highest BCUT2D eigenvalue weighted by molar-refractivity contribution is 9.10. The van der Waals surface area contributed by atoms with Crippen LogP contribution in [-0.2, 0) is 0 Å². The molecular formula is C19H24BrN. The van der Waals surface area contributed by atoms with Gasteiger partial charge in [0.1, 0.15) is 0 Å². The zero-order valence-electron chi connectivity index (χ0n) is 13.3. The van der Waals surface area contributed by atoms with Gasteiger partial charge >= 0.3 is 0 Å². The molecule has 21 heavy (non-hydrogen) atoms. The van der Waals surface area contributed by atoms with Crippen LogP contribution in [0.15, 0.2) is 40.9 Å². The van der Waals surface area contributed by atoms with Crippen LogP contribution in [0.3, 0.4) is 0 Å². The Balaban J connectivity index is 2.46. The van der Waals surface area contributed by atoms with Crippen molar-refractivity contribution in [1.29, 1.82) is 0 Å². The zero-order chi connectivity index (χ0) is 15.4. The number of hydrogen-bond acceptors (Lipinski definition) is 1. The molecule has 0 amide bonds. The Morgan fingerprint density at radius 1 is 0.857 bits per heavy atom. The summed E-state index contributed by atoms with van der Waals surface area (Å²) in [5.74, 6) is 0. The Morgan fingerprint density at radius 3 is 1.90 bits per heavy atom. The lowest BCUT2D eigenvalue weighted by atomic mass is 9.94. The van der Waals surface area contributed by atoms with E-state index in [9.17, 15) is 0 Å². The van der Waals surface area contributed by atoms with Gasteiger partial charge in [-0.2, -0.15) is 0 Å². The number of nitrogens with one attached hydrogen (secondary N) is 1. The molecule has 1 nitrogen and oxygen atoms in total. The summed E-state index contributed by atoms with van der Waals surface area (Å²) in [6, 6.07) is 13.7. The highest BCUT2D eigenvalue weighted by atomic mass is 79.9. The van der Waals surface area contributed by atoms with Crippen molar-refractivity contribution < 1.29 is 0 Å². The fourth-order valence-corrected chi connectivity index (χ4v) is 3.45. The van der Waals surface area contributed by atoms with E-state index < -0.39 is 0 Å². The molecule has 0 heterocycles. The quantitative estimate of drug-likeness (QED) is 0.758. The van der Waals surface area contributed by atoms with E-state index in [0.29, 0.717) is 0 Å². The summed E-state index contributed by atoms with van der Waals surface area (Å²) in [6.07, 6.45) is 1.13. The number of rotatable bonds is 5. The van der Waals surface area contributed by atoms with Gasteiger partial charge in [-0.3, -0.25) is 0 Å². The molecule has 2 aromatic carbocycles. The van der Waals surface area contributed by atoms with Crippen molar-refractivity contribution in [2.24, 2.45) is 0 Å². The minimum atomic E-state index is 0.250. The van der Waals surface area contributed by atoms with E-state index in [1.54, 1.807) is 0 Å². The lowest BCUT2D eigenvalue weighted by molar-refractivity contribution is 0.597. The van der Waals surface area contributed by atoms with Crippen LogP contribution >= 0.6 is 15.9 Å². The minimum Gasteiger partial charge on any atom is -0.306 e. The second-order valence-electron chi connectivity index (χ2n) is 5.87. The Hall–Kier alpha value is -1.12. The van der Waals surface area contributed by atoms with Gasteiger partial charge in [-0.15, -0.1) is 0 Å². The predicted molar refractivity (Wildman–Crippen MR) is 94.9 cm³/mol. The first-order valence-corrected chi connectivity index (χ1v) is 8.37. The second kappa shape index (κ2) is 7.24. The van der Waals surface area contributed by atoms with Gasteiger partial charge in [0, 0.05) is 4.47 Å². The van der Waals surface area contributed by atoms with E-state index in [4.69, 9.17) is 0 Å². The lowest BCUT2D eigenvalue weighted by Crippen LogP contribution is -2.23. The topological polar surface area (TPSA) is 12.0 Å². The van der Waals surface area contributed by atoms with Crippen molar-refractivity contribution in [3.05, 3.63) is 68.7 Å². The van der Waals surface area contributed by atoms with Crippen LogP contribution in [0.1, 0.15) is 47.2 Å². The molecular weight excluding hydrogens is 322 g/mol. The third kappa shape index (κ3) is 4.42. The van der Waals surface area contributed by atoms with E-state index >= 15 is 0 Å². The molecule has 0 aliphatic heterocycles. The Kier molecular flexibility index (Phi) is 5.60. The molecule has 112 valence electrons. The van der Waals surface area contributed by atoms with E-state index in [2.05, 4.69) is 85.3 Å². The van der Waals surface area contributed by atoms with Crippen LogP contribution < -0.4 is 5.32 Å². The summed E-state index contributed by atoms with van der Waals surface area (Å²) in [6.45, 7) is 9.70. The standard InChI is InChI=1S/C19H24BrN/c1-5-6-21-19(16-8-13(2)7-14(3)9-16)17-10-15(4)11-18(20)12-17/h7-12,19,21H,5-6H2,1-4H3. The maximum Gasteiger partial charge on any atom is 0.0577 e. The van der Waals surface area contributed by atoms with E-state index in [1.165, 1.54) is 27.8 Å². The number of halogens is 1. The SMILES string of the molecule is CCCNC(c1cc(C)cc(C)c1)c1cc(C)cc(Br)c1. The van der Waals surface area contributed by atoms with Crippen LogP contribution in [0.5, 0.6) is 0 Å². The maximum absolute atomic E-state index is 3.69. The molecule has 0 bridgehead atoms. The number of hydrogen-bond donors (Lipinski definition) is 1. The summed E-state index contributed by atoms with van der Waals surface area (Å²) < 4.78 is 1.14. The maximum atomic E-state index is 3.69. The summed E-state index contributed by atoms with van der Waals surface area (Å²) in [5.41, 5.74) is 6.59. The fourth-order valence-electron chi connectivity index (χ4n) is 2.82. The molecule has 0 aliphatic carbocycles. The third-order valence-electron chi connectivity index (χ3n) is 3.57. The molecule has 0 spiro atoms. The molecule has 1 N–H and O–H groups in total. The molecule has 0 radical (unpaired) electrons. The van der Waals surface area contributed by atoms with Gasteiger partial charge < -0.3 is 5.32 Å². The van der Waals surface area contributed by atoms with Gasteiger partial charge in [-0.25, -0.2) is 0 Å². The number of aryl methyl sites for hydroxylation is 3. The van der Waals surface area contributed by atoms with Crippen LogP contribution in [0.25, 0.3) is 0 Å². The third-order valence-corrected chi connectivity index (χ3v) is 4.03. The molecule has 0 fully saturated rings.